The van der Waals surface area contributed by atoms with Gasteiger partial charge in [-0.1, -0.05) is 30.3 Å². The zero-order chi connectivity index (χ0) is 17.6. The fourth-order valence-corrected chi connectivity index (χ4v) is 2.33. The maximum atomic E-state index is 12.9. The zero-order valence-corrected chi connectivity index (χ0v) is 16.4. The van der Waals surface area contributed by atoms with E-state index in [2.05, 4.69) is 0 Å². The summed E-state index contributed by atoms with van der Waals surface area (Å²) in [5.41, 5.74) is 0.903. The monoisotopic (exact) mass is 352 g/mol. The maximum Gasteiger partial charge on any atom is 1.00 e. The fraction of sp³-hybridized carbons (Fsp3) is 0.222. The molecule has 0 aliphatic rings. The zero-order valence-electron chi connectivity index (χ0n) is 14.4. The number of benzene rings is 2. The van der Waals surface area contributed by atoms with Gasteiger partial charge >= 0.3 is 29.6 Å². The predicted molar refractivity (Wildman–Crippen MR) is 83.4 cm³/mol. The molecule has 0 saturated carbocycles. The van der Waals surface area contributed by atoms with E-state index < -0.39 is 18.4 Å². The number of rotatable bonds is 8. The van der Waals surface area contributed by atoms with Crippen molar-refractivity contribution < 1.29 is 58.5 Å². The Balaban J connectivity index is 0.00000312. The first-order chi connectivity index (χ1) is 11.5. The molecule has 0 aromatic heterocycles. The second-order valence-electron chi connectivity index (χ2n) is 4.91. The molecule has 0 bridgehead atoms. The molecule has 0 aliphatic carbocycles. The third kappa shape index (κ3) is 4.90. The van der Waals surface area contributed by atoms with Crippen molar-refractivity contribution in [3.63, 3.8) is 0 Å². The van der Waals surface area contributed by atoms with Gasteiger partial charge in [0, 0.05) is 25.3 Å². The minimum absolute atomic E-state index is 0. The molecule has 0 fully saturated rings. The Morgan fingerprint density at radius 3 is 2.00 bits per heavy atom. The average Bonchev–Trinajstić information content (AvgIpc) is 2.62. The number of aliphatic carboxylic acids is 1. The summed E-state index contributed by atoms with van der Waals surface area (Å²) in [6.45, 7) is -0.558. The van der Waals surface area contributed by atoms with Gasteiger partial charge in [0.05, 0.1) is 5.97 Å². The van der Waals surface area contributed by atoms with E-state index in [1.165, 1.54) is 38.5 Å². The predicted octanol–water partition coefficient (Wildman–Crippen LogP) is -1.85. The number of carboxylic acid groups (broad SMARTS) is 1. The summed E-state index contributed by atoms with van der Waals surface area (Å²) < 4.78 is 15.8. The number of ketones is 1. The van der Waals surface area contributed by atoms with Crippen LogP contribution in [0.25, 0.3) is 0 Å². The molecular weight excluding hydrogens is 335 g/mol. The molecule has 7 heteroatoms. The Kier molecular flexibility index (Phi) is 8.28. The van der Waals surface area contributed by atoms with Crippen molar-refractivity contribution in [3.8, 4) is 5.75 Å². The summed E-state index contributed by atoms with van der Waals surface area (Å²) >= 11 is 0. The third-order valence-electron chi connectivity index (χ3n) is 3.50. The van der Waals surface area contributed by atoms with Crippen LogP contribution < -0.4 is 39.4 Å². The average molecular weight is 352 g/mol. The van der Waals surface area contributed by atoms with Crippen LogP contribution in [0.5, 0.6) is 5.75 Å². The van der Waals surface area contributed by atoms with Crippen molar-refractivity contribution >= 4 is 11.8 Å². The number of Topliss-reactive ketones (excluding diaryl/α,β-unsaturated/α-hetero) is 1. The molecule has 6 nitrogen and oxygen atoms in total. The standard InChI is InChI=1S/C18H18O6.Na/c1-22-18(23-2,14-6-4-3-5-7-14)17(21)13-8-10-15(11-9-13)24-12-16(19)20;/h3-11H,12H2,1-2H3,(H,19,20);/q;+1/p-1. The first kappa shape index (κ1) is 21.3. The molecule has 0 atom stereocenters. The molecule has 126 valence electrons. The quantitative estimate of drug-likeness (QED) is 0.315. The van der Waals surface area contributed by atoms with E-state index in [0.29, 0.717) is 16.9 Å². The Hall–Kier alpha value is -1.70. The summed E-state index contributed by atoms with van der Waals surface area (Å²) in [7, 11) is 2.79. The van der Waals surface area contributed by atoms with Crippen LogP contribution in [0, 0.1) is 0 Å². The van der Waals surface area contributed by atoms with E-state index in [9.17, 15) is 14.7 Å². The van der Waals surface area contributed by atoms with Crippen LogP contribution in [-0.4, -0.2) is 32.6 Å². The molecule has 0 saturated heterocycles. The molecule has 25 heavy (non-hydrogen) atoms. The van der Waals surface area contributed by atoms with E-state index in [-0.39, 0.29) is 35.3 Å². The summed E-state index contributed by atoms with van der Waals surface area (Å²) in [5, 5.41) is 10.4. The van der Waals surface area contributed by atoms with Gasteiger partial charge < -0.3 is 24.1 Å². The van der Waals surface area contributed by atoms with Gasteiger partial charge in [0.2, 0.25) is 5.78 Å². The Bertz CT molecular complexity index is 695. The third-order valence-corrected chi connectivity index (χ3v) is 3.50. The molecule has 2 aromatic rings. The molecule has 0 radical (unpaired) electrons. The molecule has 0 aliphatic heterocycles. The summed E-state index contributed by atoms with van der Waals surface area (Å²) in [4.78, 5) is 23.3. The van der Waals surface area contributed by atoms with E-state index >= 15 is 0 Å². The van der Waals surface area contributed by atoms with E-state index in [0.717, 1.165) is 0 Å². The number of ether oxygens (including phenoxy) is 3. The minimum atomic E-state index is -1.56. The fourth-order valence-electron chi connectivity index (χ4n) is 2.33. The molecule has 0 spiro atoms. The molecule has 2 rings (SSSR count). The van der Waals surface area contributed by atoms with Gasteiger partial charge in [-0.25, -0.2) is 0 Å². The Morgan fingerprint density at radius 1 is 0.960 bits per heavy atom. The van der Waals surface area contributed by atoms with Gasteiger partial charge in [-0.2, -0.15) is 0 Å². The SMILES string of the molecule is COC(OC)(C(=O)c1ccc(OCC(=O)[O-])cc1)c1ccccc1.[Na+]. The van der Waals surface area contributed by atoms with Crippen molar-refractivity contribution in [2.45, 2.75) is 5.79 Å². The summed E-state index contributed by atoms with van der Waals surface area (Å²) in [5.74, 6) is -2.95. The van der Waals surface area contributed by atoms with E-state index in [1.54, 1.807) is 24.3 Å². The largest absolute Gasteiger partial charge is 1.00 e. The number of hydrogen-bond acceptors (Lipinski definition) is 6. The van der Waals surface area contributed by atoms with Crippen molar-refractivity contribution in [1.82, 2.24) is 0 Å². The van der Waals surface area contributed by atoms with Gasteiger partial charge in [0.1, 0.15) is 12.4 Å². The van der Waals surface area contributed by atoms with Gasteiger partial charge in [0.25, 0.3) is 5.79 Å². The molecule has 0 N–H and O–H groups in total. The first-order valence-corrected chi connectivity index (χ1v) is 7.17. The summed E-state index contributed by atoms with van der Waals surface area (Å²) in [6.07, 6.45) is 0. The van der Waals surface area contributed by atoms with Crippen molar-refractivity contribution in [2.75, 3.05) is 20.8 Å². The van der Waals surface area contributed by atoms with Crippen molar-refractivity contribution in [1.29, 1.82) is 0 Å². The van der Waals surface area contributed by atoms with E-state index in [4.69, 9.17) is 14.2 Å². The van der Waals surface area contributed by atoms with E-state index in [1.807, 2.05) is 6.07 Å². The van der Waals surface area contributed by atoms with Crippen LogP contribution in [0.3, 0.4) is 0 Å². The molecule has 0 heterocycles. The van der Waals surface area contributed by atoms with Gasteiger partial charge in [-0.3, -0.25) is 4.79 Å². The second-order valence-corrected chi connectivity index (χ2v) is 4.91. The Morgan fingerprint density at radius 2 is 1.52 bits per heavy atom. The maximum absolute atomic E-state index is 12.9. The van der Waals surface area contributed by atoms with Crippen LogP contribution in [0.15, 0.2) is 54.6 Å². The number of carbonyl (C=O) groups is 2. The number of carbonyl (C=O) groups excluding carboxylic acids is 2. The summed E-state index contributed by atoms with van der Waals surface area (Å²) in [6, 6.07) is 14.9. The van der Waals surface area contributed by atoms with Gasteiger partial charge in [0.15, 0.2) is 0 Å². The topological polar surface area (TPSA) is 84.9 Å². The number of carboxylic acids is 1. The van der Waals surface area contributed by atoms with Crippen molar-refractivity contribution in [2.24, 2.45) is 0 Å². The normalized spacial score (nSPS) is 10.6. The van der Waals surface area contributed by atoms with Crippen LogP contribution in [0.2, 0.25) is 0 Å². The smallest absolute Gasteiger partial charge is 0.546 e. The van der Waals surface area contributed by atoms with Crippen LogP contribution in [0.4, 0.5) is 0 Å². The Labute approximate surface area is 168 Å². The number of methoxy groups -OCH3 is 2. The van der Waals surface area contributed by atoms with Crippen molar-refractivity contribution in [3.05, 3.63) is 65.7 Å². The molecule has 2 aromatic carbocycles. The van der Waals surface area contributed by atoms with Crippen LogP contribution >= 0.6 is 0 Å². The molecule has 0 unspecified atom stereocenters. The second kappa shape index (κ2) is 9.70. The minimum Gasteiger partial charge on any atom is -0.546 e. The molecular formula is C18H17NaO6. The van der Waals surface area contributed by atoms with Gasteiger partial charge in [-0.15, -0.1) is 0 Å². The van der Waals surface area contributed by atoms with Crippen LogP contribution in [0.1, 0.15) is 15.9 Å². The van der Waals surface area contributed by atoms with Crippen LogP contribution in [-0.2, 0) is 20.1 Å². The first-order valence-electron chi connectivity index (χ1n) is 7.17. The van der Waals surface area contributed by atoms with Gasteiger partial charge in [-0.05, 0) is 24.3 Å². The number of hydrogen-bond donors (Lipinski definition) is 0. The molecule has 0 amide bonds.